The van der Waals surface area contributed by atoms with E-state index in [2.05, 4.69) is 19.2 Å². The van der Waals surface area contributed by atoms with Gasteiger partial charge in [0, 0.05) is 6.42 Å². The quantitative estimate of drug-likeness (QED) is 0.0422. The summed E-state index contributed by atoms with van der Waals surface area (Å²) in [6.45, 7) is 4.34. The van der Waals surface area contributed by atoms with E-state index in [0.29, 0.717) is 6.42 Å². The Kier molecular flexibility index (Phi) is 50.7. The zero-order valence-electron chi connectivity index (χ0n) is 40.6. The molecule has 3 N–H and O–H groups in total. The summed E-state index contributed by atoms with van der Waals surface area (Å²) in [5.41, 5.74) is 0. The molecule has 1 amide bonds. The van der Waals surface area contributed by atoms with Crippen LogP contribution in [-0.2, 0) is 4.79 Å². The van der Waals surface area contributed by atoms with Crippen LogP contribution in [0.2, 0.25) is 0 Å². The molecule has 0 fully saturated rings. The van der Waals surface area contributed by atoms with Crippen molar-refractivity contribution in [2.75, 3.05) is 6.61 Å². The average Bonchev–Trinajstić information content (AvgIpc) is 3.24. The van der Waals surface area contributed by atoms with Crippen LogP contribution in [-0.4, -0.2) is 34.9 Å². The highest BCUT2D eigenvalue weighted by Gasteiger charge is 2.18. The van der Waals surface area contributed by atoms with Crippen LogP contribution in [0.4, 0.5) is 0 Å². The van der Waals surface area contributed by atoms with E-state index in [0.717, 1.165) is 25.7 Å². The van der Waals surface area contributed by atoms with Gasteiger partial charge in [-0.3, -0.25) is 4.79 Å². The summed E-state index contributed by atoms with van der Waals surface area (Å²) in [5.74, 6) is -0.0569. The highest BCUT2D eigenvalue weighted by atomic mass is 16.3. The number of hydrogen-bond donors (Lipinski definition) is 3. The zero-order chi connectivity index (χ0) is 42.8. The predicted octanol–water partition coefficient (Wildman–Crippen LogP) is 17.8. The first-order valence-corrected chi connectivity index (χ1v) is 27.4. The molecule has 0 aromatic rings. The number of rotatable bonds is 51. The molecule has 0 aliphatic rings. The van der Waals surface area contributed by atoms with Gasteiger partial charge in [0.1, 0.15) is 0 Å². The molecule has 352 valence electrons. The minimum atomic E-state index is -0.834. The van der Waals surface area contributed by atoms with Gasteiger partial charge in [-0.15, -0.1) is 0 Å². The maximum absolute atomic E-state index is 12.4. The van der Waals surface area contributed by atoms with Crippen LogP contribution in [0.15, 0.2) is 12.2 Å². The lowest BCUT2D eigenvalue weighted by molar-refractivity contribution is -0.123. The summed E-state index contributed by atoms with van der Waals surface area (Å²) in [4.78, 5) is 12.4. The Morgan fingerprint density at radius 1 is 0.390 bits per heavy atom. The fraction of sp³-hybridized carbons (Fsp3) is 0.945. The number of nitrogens with one attached hydrogen (secondary N) is 1. The van der Waals surface area contributed by atoms with E-state index in [1.807, 2.05) is 6.08 Å². The van der Waals surface area contributed by atoms with Crippen molar-refractivity contribution in [3.8, 4) is 0 Å². The summed E-state index contributed by atoms with van der Waals surface area (Å²) < 4.78 is 0. The second-order valence-electron chi connectivity index (χ2n) is 19.0. The van der Waals surface area contributed by atoms with E-state index in [4.69, 9.17) is 0 Å². The van der Waals surface area contributed by atoms with E-state index in [9.17, 15) is 15.0 Å². The number of carbonyl (C=O) groups excluding carboxylic acids is 1. The van der Waals surface area contributed by atoms with Gasteiger partial charge in [0.25, 0.3) is 0 Å². The molecule has 2 atom stereocenters. The number of carbonyl (C=O) groups is 1. The van der Waals surface area contributed by atoms with Crippen LogP contribution in [0.3, 0.4) is 0 Å². The maximum atomic E-state index is 12.4. The standard InChI is InChI=1S/C55H109NO3/c1-3-5-7-9-11-13-15-17-19-20-21-22-23-24-25-26-27-28-29-30-31-32-33-34-35-37-39-41-43-45-47-49-51-55(59)56-53(52-57)54(58)50-48-46-44-42-40-38-36-18-16-14-12-10-8-6-4-2/h48,50,53-54,57-58H,3-47,49,51-52H2,1-2H3,(H,56,59)/b50-48+/t53-,54+/m0/s1. The van der Waals surface area contributed by atoms with Crippen molar-refractivity contribution in [1.29, 1.82) is 0 Å². The highest BCUT2D eigenvalue weighted by Crippen LogP contribution is 2.18. The van der Waals surface area contributed by atoms with E-state index >= 15 is 0 Å². The second-order valence-corrected chi connectivity index (χ2v) is 19.0. The Morgan fingerprint density at radius 3 is 0.881 bits per heavy atom. The van der Waals surface area contributed by atoms with E-state index in [1.165, 1.54) is 270 Å². The van der Waals surface area contributed by atoms with Gasteiger partial charge in [0.05, 0.1) is 18.8 Å². The van der Waals surface area contributed by atoms with Gasteiger partial charge in [0.2, 0.25) is 5.91 Å². The van der Waals surface area contributed by atoms with Gasteiger partial charge in [-0.1, -0.05) is 302 Å². The smallest absolute Gasteiger partial charge is 0.220 e. The molecule has 0 aliphatic heterocycles. The van der Waals surface area contributed by atoms with Crippen molar-refractivity contribution in [2.24, 2.45) is 0 Å². The van der Waals surface area contributed by atoms with Gasteiger partial charge in [0.15, 0.2) is 0 Å². The topological polar surface area (TPSA) is 69.6 Å². The number of amides is 1. The highest BCUT2D eigenvalue weighted by molar-refractivity contribution is 5.76. The monoisotopic (exact) mass is 832 g/mol. The molecule has 0 saturated carbocycles. The summed E-state index contributed by atoms with van der Waals surface area (Å²) in [6, 6.07) is -0.617. The molecule has 0 bridgehead atoms. The molecule has 0 unspecified atom stereocenters. The summed E-state index contributed by atoms with van der Waals surface area (Å²) in [7, 11) is 0. The number of aliphatic hydroxyl groups excluding tert-OH is 2. The number of hydrogen-bond acceptors (Lipinski definition) is 3. The van der Waals surface area contributed by atoms with Gasteiger partial charge in [-0.25, -0.2) is 0 Å². The van der Waals surface area contributed by atoms with E-state index < -0.39 is 12.1 Å². The molecule has 0 rings (SSSR count). The Bertz CT molecular complexity index is 814. The first kappa shape index (κ1) is 58.1. The number of unbranched alkanes of at least 4 members (excludes halogenated alkanes) is 44. The van der Waals surface area contributed by atoms with Crippen molar-refractivity contribution in [3.63, 3.8) is 0 Å². The van der Waals surface area contributed by atoms with Crippen LogP contribution >= 0.6 is 0 Å². The minimum Gasteiger partial charge on any atom is -0.394 e. The lowest BCUT2D eigenvalue weighted by Crippen LogP contribution is -2.45. The van der Waals surface area contributed by atoms with Crippen molar-refractivity contribution < 1.29 is 15.0 Å². The normalized spacial score (nSPS) is 12.8. The van der Waals surface area contributed by atoms with Gasteiger partial charge in [-0.05, 0) is 19.3 Å². The Balaban J connectivity index is 3.39. The summed E-state index contributed by atoms with van der Waals surface area (Å²) >= 11 is 0. The van der Waals surface area contributed by atoms with E-state index in [-0.39, 0.29) is 12.5 Å². The molecular weight excluding hydrogens is 723 g/mol. The van der Waals surface area contributed by atoms with E-state index in [1.54, 1.807) is 6.08 Å². The predicted molar refractivity (Wildman–Crippen MR) is 263 cm³/mol. The second kappa shape index (κ2) is 51.5. The molecule has 0 heterocycles. The third-order valence-corrected chi connectivity index (χ3v) is 13.0. The first-order valence-electron chi connectivity index (χ1n) is 27.4. The average molecular weight is 832 g/mol. The molecule has 4 heteroatoms. The molecule has 0 aromatic carbocycles. The fourth-order valence-corrected chi connectivity index (χ4v) is 8.83. The van der Waals surface area contributed by atoms with Crippen molar-refractivity contribution >= 4 is 5.91 Å². The van der Waals surface area contributed by atoms with Crippen LogP contribution in [0.5, 0.6) is 0 Å². The third kappa shape index (κ3) is 48.0. The van der Waals surface area contributed by atoms with Crippen molar-refractivity contribution in [1.82, 2.24) is 5.32 Å². The molecule has 0 aromatic heterocycles. The Hall–Kier alpha value is -0.870. The van der Waals surface area contributed by atoms with Crippen LogP contribution in [0.1, 0.15) is 316 Å². The van der Waals surface area contributed by atoms with Gasteiger partial charge in [-0.2, -0.15) is 0 Å². The SMILES string of the molecule is CCCCCCCCCCCCCCC/C=C/[C@@H](O)[C@H](CO)NC(=O)CCCCCCCCCCCCCCCCCCCCCCCCCCCCCCCCCC. The molecule has 0 saturated heterocycles. The van der Waals surface area contributed by atoms with Crippen LogP contribution in [0, 0.1) is 0 Å². The van der Waals surface area contributed by atoms with Gasteiger partial charge >= 0.3 is 0 Å². The lowest BCUT2D eigenvalue weighted by atomic mass is 10.0. The Labute approximate surface area is 371 Å². The lowest BCUT2D eigenvalue weighted by Gasteiger charge is -2.20. The van der Waals surface area contributed by atoms with Gasteiger partial charge < -0.3 is 15.5 Å². The molecule has 0 radical (unpaired) electrons. The fourth-order valence-electron chi connectivity index (χ4n) is 8.83. The molecule has 59 heavy (non-hydrogen) atoms. The molecule has 0 spiro atoms. The Morgan fingerprint density at radius 2 is 0.627 bits per heavy atom. The molecular formula is C55H109NO3. The van der Waals surface area contributed by atoms with Crippen LogP contribution in [0.25, 0.3) is 0 Å². The third-order valence-electron chi connectivity index (χ3n) is 13.0. The van der Waals surface area contributed by atoms with Crippen molar-refractivity contribution in [2.45, 2.75) is 328 Å². The molecule has 0 aliphatic carbocycles. The first-order chi connectivity index (χ1) is 29.2. The molecule has 4 nitrogen and oxygen atoms in total. The number of allylic oxidation sites excluding steroid dienone is 1. The minimum absolute atomic E-state index is 0.0569. The van der Waals surface area contributed by atoms with Crippen molar-refractivity contribution in [3.05, 3.63) is 12.2 Å². The largest absolute Gasteiger partial charge is 0.394 e. The zero-order valence-corrected chi connectivity index (χ0v) is 40.6. The summed E-state index contributed by atoms with van der Waals surface area (Å²) in [5, 5.41) is 23.1. The van der Waals surface area contributed by atoms with Crippen LogP contribution < -0.4 is 5.32 Å². The number of aliphatic hydroxyl groups is 2. The summed E-state index contributed by atoms with van der Waals surface area (Å²) in [6.07, 6.45) is 66.6. The maximum Gasteiger partial charge on any atom is 0.220 e.